The fraction of sp³-hybridized carbons (Fsp3) is 0.105. The van der Waals surface area contributed by atoms with E-state index >= 15 is 0 Å². The minimum Gasteiger partial charge on any atom is -0.497 e. The van der Waals surface area contributed by atoms with Crippen molar-refractivity contribution in [2.45, 2.75) is 11.0 Å². The Morgan fingerprint density at radius 3 is 2.68 bits per heavy atom. The molecule has 0 amide bonds. The zero-order chi connectivity index (χ0) is 17.1. The van der Waals surface area contributed by atoms with E-state index in [1.807, 2.05) is 42.6 Å². The van der Waals surface area contributed by atoms with Crippen LogP contribution in [-0.2, 0) is 5.75 Å². The molecule has 0 fully saturated rings. The first-order valence-electron chi connectivity index (χ1n) is 7.77. The number of aromatic nitrogens is 3. The van der Waals surface area contributed by atoms with Crippen LogP contribution in [0, 0.1) is 0 Å². The van der Waals surface area contributed by atoms with Crippen molar-refractivity contribution in [3.05, 3.63) is 66.4 Å². The molecule has 2 aromatic carbocycles. The van der Waals surface area contributed by atoms with Crippen molar-refractivity contribution in [2.75, 3.05) is 7.11 Å². The van der Waals surface area contributed by atoms with E-state index in [0.717, 1.165) is 33.5 Å². The summed E-state index contributed by atoms with van der Waals surface area (Å²) in [6, 6.07) is 17.7. The molecule has 0 aliphatic carbocycles. The van der Waals surface area contributed by atoms with Crippen molar-refractivity contribution in [3.8, 4) is 17.2 Å². The summed E-state index contributed by atoms with van der Waals surface area (Å²) in [7, 11) is 1.64. The second-order valence-corrected chi connectivity index (χ2v) is 6.31. The number of benzene rings is 2. The fourth-order valence-electron chi connectivity index (χ4n) is 2.54. The third-order valence-electron chi connectivity index (χ3n) is 3.81. The van der Waals surface area contributed by atoms with Gasteiger partial charge in [0.05, 0.1) is 12.6 Å². The average molecular weight is 349 g/mol. The van der Waals surface area contributed by atoms with E-state index in [0.29, 0.717) is 11.1 Å². The van der Waals surface area contributed by atoms with Gasteiger partial charge in [-0.15, -0.1) is 10.2 Å². The van der Waals surface area contributed by atoms with E-state index < -0.39 is 0 Å². The van der Waals surface area contributed by atoms with Crippen molar-refractivity contribution in [1.82, 2.24) is 15.2 Å². The fourth-order valence-corrected chi connectivity index (χ4v) is 3.29. The highest BCUT2D eigenvalue weighted by Gasteiger charge is 2.10. The molecule has 0 saturated heterocycles. The quantitative estimate of drug-likeness (QED) is 0.491. The molecule has 2 aromatic heterocycles. The topological polar surface area (TPSA) is 61.0 Å². The second-order valence-electron chi connectivity index (χ2n) is 5.38. The van der Waals surface area contributed by atoms with Gasteiger partial charge in [-0.2, -0.15) is 0 Å². The smallest absolute Gasteiger partial charge is 0.277 e. The Hall–Kier alpha value is -2.86. The minimum absolute atomic E-state index is 0.501. The molecule has 4 rings (SSSR count). The Balaban J connectivity index is 1.51. The largest absolute Gasteiger partial charge is 0.497 e. The van der Waals surface area contributed by atoms with E-state index in [9.17, 15) is 0 Å². The lowest BCUT2D eigenvalue weighted by atomic mass is 10.1. The van der Waals surface area contributed by atoms with E-state index in [2.05, 4.69) is 33.4 Å². The average Bonchev–Trinajstić information content (AvgIpc) is 3.15. The van der Waals surface area contributed by atoms with E-state index in [1.165, 1.54) is 11.8 Å². The van der Waals surface area contributed by atoms with Crippen LogP contribution in [-0.4, -0.2) is 22.3 Å². The number of para-hydroxylation sites is 1. The van der Waals surface area contributed by atoms with Crippen molar-refractivity contribution in [2.24, 2.45) is 0 Å². The molecule has 0 aliphatic heterocycles. The third kappa shape index (κ3) is 3.34. The van der Waals surface area contributed by atoms with Gasteiger partial charge in [0, 0.05) is 22.9 Å². The van der Waals surface area contributed by atoms with Crippen LogP contribution in [0.2, 0.25) is 0 Å². The maximum Gasteiger partial charge on any atom is 0.277 e. The summed E-state index contributed by atoms with van der Waals surface area (Å²) >= 11 is 1.51. The molecule has 0 spiro atoms. The molecule has 124 valence electrons. The minimum atomic E-state index is 0.501. The lowest BCUT2D eigenvalue weighted by molar-refractivity contribution is 0.414. The number of hydrogen-bond donors (Lipinski definition) is 0. The van der Waals surface area contributed by atoms with Crippen molar-refractivity contribution < 1.29 is 9.15 Å². The molecule has 0 atom stereocenters. The Kier molecular flexibility index (Phi) is 4.35. The first-order chi connectivity index (χ1) is 12.3. The van der Waals surface area contributed by atoms with Crippen LogP contribution in [0.4, 0.5) is 0 Å². The van der Waals surface area contributed by atoms with E-state index in [4.69, 9.17) is 9.15 Å². The number of methoxy groups -OCH3 is 1. The molecule has 25 heavy (non-hydrogen) atoms. The summed E-state index contributed by atoms with van der Waals surface area (Å²) in [6.07, 6.45) is 1.81. The van der Waals surface area contributed by atoms with Crippen molar-refractivity contribution in [3.63, 3.8) is 0 Å². The maximum absolute atomic E-state index is 5.76. The van der Waals surface area contributed by atoms with Gasteiger partial charge in [0.2, 0.25) is 5.89 Å². The van der Waals surface area contributed by atoms with Crippen LogP contribution in [0.25, 0.3) is 22.4 Å². The number of hydrogen-bond acceptors (Lipinski definition) is 6. The van der Waals surface area contributed by atoms with Gasteiger partial charge in [0.1, 0.15) is 5.75 Å². The molecule has 0 saturated carbocycles. The molecule has 4 aromatic rings. The van der Waals surface area contributed by atoms with Crippen molar-refractivity contribution >= 4 is 22.7 Å². The Morgan fingerprint density at radius 2 is 1.84 bits per heavy atom. The van der Waals surface area contributed by atoms with Gasteiger partial charge >= 0.3 is 0 Å². The highest BCUT2D eigenvalue weighted by atomic mass is 32.2. The first kappa shape index (κ1) is 15.7. The summed E-state index contributed by atoms with van der Waals surface area (Å²) in [5.74, 6) is 2.01. The number of thioether (sulfide) groups is 1. The molecule has 6 heteroatoms. The van der Waals surface area contributed by atoms with Crippen LogP contribution in [0.3, 0.4) is 0 Å². The summed E-state index contributed by atoms with van der Waals surface area (Å²) in [5.41, 5.74) is 3.02. The van der Waals surface area contributed by atoms with Crippen LogP contribution in [0.15, 0.2) is 70.4 Å². The van der Waals surface area contributed by atoms with Gasteiger partial charge < -0.3 is 9.15 Å². The normalized spacial score (nSPS) is 10.9. The summed E-state index contributed by atoms with van der Waals surface area (Å²) in [6.45, 7) is 0. The number of rotatable bonds is 5. The van der Waals surface area contributed by atoms with Gasteiger partial charge in [0.25, 0.3) is 5.22 Å². The molecule has 0 N–H and O–H groups in total. The van der Waals surface area contributed by atoms with Crippen LogP contribution in [0.5, 0.6) is 5.75 Å². The van der Waals surface area contributed by atoms with Gasteiger partial charge in [0.15, 0.2) is 0 Å². The Bertz CT molecular complexity index is 994. The van der Waals surface area contributed by atoms with E-state index in [1.54, 1.807) is 7.11 Å². The molecule has 0 bridgehead atoms. The SMILES string of the molecule is COc1ccc(-c2nnc(SCc3cccc4cccnc34)o2)cc1. The molecule has 0 radical (unpaired) electrons. The van der Waals surface area contributed by atoms with E-state index in [-0.39, 0.29) is 0 Å². The standard InChI is InChI=1S/C19H15N3O2S/c1-23-16-9-7-14(8-10-16)18-21-22-19(24-18)25-12-15-5-2-4-13-6-3-11-20-17(13)15/h2-11H,12H2,1H3. The van der Waals surface area contributed by atoms with Crippen LogP contribution in [0.1, 0.15) is 5.56 Å². The van der Waals surface area contributed by atoms with Gasteiger partial charge in [-0.05, 0) is 35.9 Å². The van der Waals surface area contributed by atoms with Crippen LogP contribution < -0.4 is 4.74 Å². The third-order valence-corrected chi connectivity index (χ3v) is 4.68. The van der Waals surface area contributed by atoms with Gasteiger partial charge in [-0.25, -0.2) is 0 Å². The monoisotopic (exact) mass is 349 g/mol. The predicted octanol–water partition coefficient (Wildman–Crippen LogP) is 4.59. The lowest BCUT2D eigenvalue weighted by Crippen LogP contribution is -1.86. The lowest BCUT2D eigenvalue weighted by Gasteiger charge is -2.03. The molecule has 2 heterocycles. The Labute approximate surface area is 149 Å². The number of ether oxygens (including phenoxy) is 1. The second kappa shape index (κ2) is 6.94. The van der Waals surface area contributed by atoms with Crippen molar-refractivity contribution in [1.29, 1.82) is 0 Å². The van der Waals surface area contributed by atoms with Gasteiger partial charge in [-0.1, -0.05) is 36.0 Å². The molecule has 0 aliphatic rings. The zero-order valence-electron chi connectivity index (χ0n) is 13.5. The predicted molar refractivity (Wildman–Crippen MR) is 97.6 cm³/mol. The number of pyridine rings is 1. The number of nitrogens with zero attached hydrogens (tertiary/aromatic N) is 3. The van der Waals surface area contributed by atoms with Gasteiger partial charge in [-0.3, -0.25) is 4.98 Å². The Morgan fingerprint density at radius 1 is 1.00 bits per heavy atom. The molecular weight excluding hydrogens is 334 g/mol. The highest BCUT2D eigenvalue weighted by molar-refractivity contribution is 7.98. The highest BCUT2D eigenvalue weighted by Crippen LogP contribution is 2.28. The summed E-state index contributed by atoms with van der Waals surface area (Å²) < 4.78 is 10.9. The molecule has 5 nitrogen and oxygen atoms in total. The summed E-state index contributed by atoms with van der Waals surface area (Å²) in [4.78, 5) is 4.47. The molecular formula is C19H15N3O2S. The summed E-state index contributed by atoms with van der Waals surface area (Å²) in [5, 5.41) is 9.92. The van der Waals surface area contributed by atoms with Crippen LogP contribution >= 0.6 is 11.8 Å². The first-order valence-corrected chi connectivity index (χ1v) is 8.75. The maximum atomic E-state index is 5.76. The number of fused-ring (bicyclic) bond motifs is 1. The zero-order valence-corrected chi connectivity index (χ0v) is 14.4. The molecule has 0 unspecified atom stereocenters.